The second kappa shape index (κ2) is 6.11. The van der Waals surface area contributed by atoms with Crippen LogP contribution in [0.1, 0.15) is 18.3 Å². The number of para-hydroxylation sites is 1. The zero-order valence-electron chi connectivity index (χ0n) is 13.9. The first-order chi connectivity index (χ1) is 11.6. The van der Waals surface area contributed by atoms with Gasteiger partial charge in [-0.05, 0) is 31.2 Å². The van der Waals surface area contributed by atoms with E-state index in [0.29, 0.717) is 12.6 Å². The van der Waals surface area contributed by atoms with E-state index in [-0.39, 0.29) is 0 Å². The van der Waals surface area contributed by atoms with Gasteiger partial charge >= 0.3 is 0 Å². The number of hydrogen-bond acceptors (Lipinski definition) is 3. The highest BCUT2D eigenvalue weighted by atomic mass is 35.5. The Morgan fingerprint density at radius 3 is 2.96 bits per heavy atom. The Morgan fingerprint density at radius 2 is 2.08 bits per heavy atom. The molecule has 0 unspecified atom stereocenters. The first-order valence-electron chi connectivity index (χ1n) is 8.17. The lowest BCUT2D eigenvalue weighted by Gasteiger charge is -2.25. The summed E-state index contributed by atoms with van der Waals surface area (Å²) in [5.74, 6) is 2.03. The normalized spacial score (nSPS) is 18.2. The van der Waals surface area contributed by atoms with E-state index in [1.165, 1.54) is 5.56 Å². The van der Waals surface area contributed by atoms with Gasteiger partial charge in [0.05, 0.1) is 17.6 Å². The molecule has 0 spiro atoms. The van der Waals surface area contributed by atoms with E-state index in [0.717, 1.165) is 40.7 Å². The SMILES string of the molecule is C[C@@H]1COc2ccccc2CN1Cc1nc2cc(Cl)ccc2n1C. The highest BCUT2D eigenvalue weighted by Gasteiger charge is 2.23. The molecule has 0 radical (unpaired) electrons. The molecule has 0 fully saturated rings. The number of imidazole rings is 1. The lowest BCUT2D eigenvalue weighted by Crippen LogP contribution is -2.35. The van der Waals surface area contributed by atoms with Crippen molar-refractivity contribution >= 4 is 22.6 Å². The van der Waals surface area contributed by atoms with Gasteiger partial charge in [0.1, 0.15) is 18.2 Å². The molecule has 1 aliphatic rings. The van der Waals surface area contributed by atoms with Crippen molar-refractivity contribution in [1.29, 1.82) is 0 Å². The van der Waals surface area contributed by atoms with E-state index < -0.39 is 0 Å². The maximum atomic E-state index is 6.10. The maximum absolute atomic E-state index is 6.10. The molecule has 124 valence electrons. The Labute approximate surface area is 146 Å². The van der Waals surface area contributed by atoms with Crippen LogP contribution < -0.4 is 4.74 Å². The Hall–Kier alpha value is -2.04. The Bertz CT molecular complexity index is 889. The van der Waals surface area contributed by atoms with Crippen LogP contribution in [0.4, 0.5) is 0 Å². The molecule has 3 aromatic rings. The molecule has 24 heavy (non-hydrogen) atoms. The molecule has 2 heterocycles. The number of rotatable bonds is 2. The number of hydrogen-bond donors (Lipinski definition) is 0. The zero-order chi connectivity index (χ0) is 16.7. The highest BCUT2D eigenvalue weighted by Crippen LogP contribution is 2.26. The molecule has 1 aliphatic heterocycles. The smallest absolute Gasteiger partial charge is 0.123 e. The van der Waals surface area contributed by atoms with E-state index in [4.69, 9.17) is 21.3 Å². The quantitative estimate of drug-likeness (QED) is 0.705. The summed E-state index contributed by atoms with van der Waals surface area (Å²) in [4.78, 5) is 7.20. The summed E-state index contributed by atoms with van der Waals surface area (Å²) in [6.07, 6.45) is 0. The number of aryl methyl sites for hydroxylation is 1. The molecule has 1 aromatic heterocycles. The first kappa shape index (κ1) is 15.5. The van der Waals surface area contributed by atoms with Crippen LogP contribution in [0.2, 0.25) is 5.02 Å². The van der Waals surface area contributed by atoms with Crippen LogP contribution in [0.15, 0.2) is 42.5 Å². The molecule has 2 aromatic carbocycles. The fourth-order valence-electron chi connectivity index (χ4n) is 3.22. The van der Waals surface area contributed by atoms with Gasteiger partial charge in [0.2, 0.25) is 0 Å². The van der Waals surface area contributed by atoms with Gasteiger partial charge in [0.15, 0.2) is 0 Å². The standard InChI is InChI=1S/C19H20ClN3O/c1-13-12-24-18-6-4-3-5-14(18)10-23(13)11-19-21-16-9-15(20)7-8-17(16)22(19)2/h3-9,13H,10-12H2,1-2H3/t13-/m1/s1. The largest absolute Gasteiger partial charge is 0.492 e. The molecule has 4 nitrogen and oxygen atoms in total. The number of nitrogens with zero attached hydrogens (tertiary/aromatic N) is 3. The molecule has 0 aliphatic carbocycles. The highest BCUT2D eigenvalue weighted by molar-refractivity contribution is 6.31. The van der Waals surface area contributed by atoms with Crippen molar-refractivity contribution < 1.29 is 4.74 Å². The van der Waals surface area contributed by atoms with Crippen molar-refractivity contribution in [3.63, 3.8) is 0 Å². The van der Waals surface area contributed by atoms with Gasteiger partial charge in [-0.15, -0.1) is 0 Å². The van der Waals surface area contributed by atoms with E-state index >= 15 is 0 Å². The molecule has 0 saturated heterocycles. The minimum absolute atomic E-state index is 0.320. The molecule has 0 saturated carbocycles. The van der Waals surface area contributed by atoms with Gasteiger partial charge in [-0.3, -0.25) is 4.90 Å². The average Bonchev–Trinajstić information content (AvgIpc) is 2.78. The third-order valence-corrected chi connectivity index (χ3v) is 4.96. The predicted octanol–water partition coefficient (Wildman–Crippen LogP) is 4.01. The third kappa shape index (κ3) is 2.76. The molecule has 0 amide bonds. The van der Waals surface area contributed by atoms with Gasteiger partial charge in [-0.2, -0.15) is 0 Å². The molecule has 1 atom stereocenters. The monoisotopic (exact) mass is 341 g/mol. The number of aromatic nitrogens is 2. The third-order valence-electron chi connectivity index (χ3n) is 4.73. The van der Waals surface area contributed by atoms with Crippen LogP contribution in [0.5, 0.6) is 5.75 Å². The van der Waals surface area contributed by atoms with Crippen LogP contribution in [0.3, 0.4) is 0 Å². The minimum Gasteiger partial charge on any atom is -0.492 e. The minimum atomic E-state index is 0.320. The molecule has 5 heteroatoms. The zero-order valence-corrected chi connectivity index (χ0v) is 14.6. The summed E-state index contributed by atoms with van der Waals surface area (Å²) < 4.78 is 8.10. The van der Waals surface area contributed by atoms with Gasteiger partial charge in [-0.1, -0.05) is 29.8 Å². The topological polar surface area (TPSA) is 30.3 Å². The molecule has 4 rings (SSSR count). The Kier molecular flexibility index (Phi) is 3.94. The fourth-order valence-corrected chi connectivity index (χ4v) is 3.39. The van der Waals surface area contributed by atoms with Crippen molar-refractivity contribution in [1.82, 2.24) is 14.5 Å². The Morgan fingerprint density at radius 1 is 1.25 bits per heavy atom. The van der Waals surface area contributed by atoms with Gasteiger partial charge < -0.3 is 9.30 Å². The average molecular weight is 342 g/mol. The van der Waals surface area contributed by atoms with E-state index in [1.54, 1.807) is 0 Å². The van der Waals surface area contributed by atoms with Crippen LogP contribution in [-0.4, -0.2) is 27.1 Å². The summed E-state index contributed by atoms with van der Waals surface area (Å²) in [7, 11) is 2.06. The number of benzene rings is 2. The van der Waals surface area contributed by atoms with Crippen molar-refractivity contribution in [2.24, 2.45) is 7.05 Å². The Balaban J connectivity index is 1.66. The van der Waals surface area contributed by atoms with Gasteiger partial charge in [0.25, 0.3) is 0 Å². The summed E-state index contributed by atoms with van der Waals surface area (Å²) in [6.45, 7) is 4.53. The molecule has 0 N–H and O–H groups in total. The second-order valence-corrected chi connectivity index (χ2v) is 6.83. The molecule has 0 bridgehead atoms. The van der Waals surface area contributed by atoms with Crippen LogP contribution in [-0.2, 0) is 20.1 Å². The lowest BCUT2D eigenvalue weighted by molar-refractivity contribution is 0.147. The summed E-state index contributed by atoms with van der Waals surface area (Å²) in [5.41, 5.74) is 3.27. The number of halogens is 1. The lowest BCUT2D eigenvalue weighted by atomic mass is 10.2. The van der Waals surface area contributed by atoms with E-state index in [9.17, 15) is 0 Å². The van der Waals surface area contributed by atoms with E-state index in [1.807, 2.05) is 30.3 Å². The summed E-state index contributed by atoms with van der Waals surface area (Å²) >= 11 is 6.10. The summed E-state index contributed by atoms with van der Waals surface area (Å²) in [5, 5.41) is 0.720. The van der Waals surface area contributed by atoms with Crippen LogP contribution in [0, 0.1) is 0 Å². The summed E-state index contributed by atoms with van der Waals surface area (Å²) in [6, 6.07) is 14.4. The number of fused-ring (bicyclic) bond motifs is 2. The second-order valence-electron chi connectivity index (χ2n) is 6.39. The predicted molar refractivity (Wildman–Crippen MR) is 96.4 cm³/mol. The first-order valence-corrected chi connectivity index (χ1v) is 8.55. The fraction of sp³-hybridized carbons (Fsp3) is 0.316. The molecular weight excluding hydrogens is 322 g/mol. The number of ether oxygens (including phenoxy) is 1. The van der Waals surface area contributed by atoms with Gasteiger partial charge in [-0.25, -0.2) is 4.98 Å². The van der Waals surface area contributed by atoms with Gasteiger partial charge in [0, 0.05) is 30.2 Å². The van der Waals surface area contributed by atoms with Crippen molar-refractivity contribution in [3.05, 3.63) is 58.9 Å². The molecular formula is C19H20ClN3O. The van der Waals surface area contributed by atoms with Crippen molar-refractivity contribution in [3.8, 4) is 5.75 Å². The van der Waals surface area contributed by atoms with Crippen LogP contribution >= 0.6 is 11.6 Å². The van der Waals surface area contributed by atoms with Crippen LogP contribution in [0.25, 0.3) is 11.0 Å². The van der Waals surface area contributed by atoms with Crippen molar-refractivity contribution in [2.45, 2.75) is 26.1 Å². The van der Waals surface area contributed by atoms with E-state index in [2.05, 4.69) is 35.6 Å². The maximum Gasteiger partial charge on any atom is 0.123 e. The van der Waals surface area contributed by atoms with Crippen molar-refractivity contribution in [2.75, 3.05) is 6.61 Å².